The summed E-state index contributed by atoms with van der Waals surface area (Å²) in [4.78, 5) is 22.1. The first-order chi connectivity index (χ1) is 14.7. The molecule has 0 unspecified atom stereocenters. The van der Waals surface area contributed by atoms with Crippen molar-refractivity contribution in [2.75, 3.05) is 55.4 Å². The molecule has 0 fully saturated rings. The lowest BCUT2D eigenvalue weighted by atomic mass is 10.2. The number of nitro benzene ring substituents is 2. The summed E-state index contributed by atoms with van der Waals surface area (Å²) in [7, 11) is 0. The highest BCUT2D eigenvalue weighted by atomic mass is 16.6. The highest BCUT2D eigenvalue weighted by Gasteiger charge is 2.19. The molecule has 2 aromatic carbocycles. The maximum Gasteiger partial charge on any atom is 0.294 e. The smallest absolute Gasteiger partial charge is 0.294 e. The predicted molar refractivity (Wildman–Crippen MR) is 117 cm³/mol. The minimum atomic E-state index is -0.534. The number of benzene rings is 2. The summed E-state index contributed by atoms with van der Waals surface area (Å²) in [6.45, 7) is 2.18. The summed E-state index contributed by atoms with van der Waals surface area (Å²) in [5.41, 5.74) is 7.32. The molecular weight excluding hydrogens is 410 g/mol. The summed E-state index contributed by atoms with van der Waals surface area (Å²) in [6, 6.07) is 9.25. The Balaban J connectivity index is 0.000000316. The van der Waals surface area contributed by atoms with E-state index in [1.165, 1.54) is 23.1 Å². The Kier molecular flexibility index (Phi) is 10.7. The van der Waals surface area contributed by atoms with Crippen molar-refractivity contribution in [3.63, 3.8) is 0 Å². The van der Waals surface area contributed by atoms with Crippen LogP contribution in [0.25, 0.3) is 0 Å². The lowest BCUT2D eigenvalue weighted by Crippen LogP contribution is -2.30. The average Bonchev–Trinajstić information content (AvgIpc) is 2.73. The molecule has 0 aliphatic carbocycles. The van der Waals surface area contributed by atoms with Gasteiger partial charge < -0.3 is 31.3 Å². The van der Waals surface area contributed by atoms with Crippen molar-refractivity contribution in [1.29, 1.82) is 0 Å². The van der Waals surface area contributed by atoms with E-state index in [1.807, 2.05) is 0 Å². The van der Waals surface area contributed by atoms with E-state index in [2.05, 4.69) is 5.32 Å². The van der Waals surface area contributed by atoms with Crippen LogP contribution >= 0.6 is 0 Å². The lowest BCUT2D eigenvalue weighted by Gasteiger charge is -2.22. The van der Waals surface area contributed by atoms with Crippen LogP contribution in [0.3, 0.4) is 0 Å². The maximum absolute atomic E-state index is 10.9. The molecule has 0 saturated carbocycles. The van der Waals surface area contributed by atoms with Gasteiger partial charge in [0.2, 0.25) is 0 Å². The fourth-order valence-corrected chi connectivity index (χ4v) is 2.68. The van der Waals surface area contributed by atoms with Crippen molar-refractivity contribution >= 4 is 28.4 Å². The molecule has 0 aliphatic heterocycles. The van der Waals surface area contributed by atoms with Gasteiger partial charge in [0.25, 0.3) is 11.4 Å². The zero-order valence-electron chi connectivity index (χ0n) is 17.1. The molecule has 0 radical (unpaired) electrons. The minimum Gasteiger partial charge on any atom is -0.399 e. The first-order valence-corrected chi connectivity index (χ1v) is 9.35. The Bertz CT molecular complexity index is 873. The van der Waals surface area contributed by atoms with Crippen molar-refractivity contribution in [2.24, 2.45) is 0 Å². The number of nitrogen functional groups attached to an aromatic ring is 1. The molecule has 0 spiro atoms. The van der Waals surface area contributed by atoms with E-state index in [4.69, 9.17) is 21.1 Å². The molecule has 170 valence electrons. The fraction of sp³-hybridized carbons (Fsp3) is 0.368. The fourth-order valence-electron chi connectivity index (χ4n) is 2.68. The topological polar surface area (TPSA) is 188 Å². The Labute approximate surface area is 178 Å². The van der Waals surface area contributed by atoms with Gasteiger partial charge in [-0.15, -0.1) is 0 Å². The Morgan fingerprint density at radius 1 is 0.935 bits per heavy atom. The molecule has 2 rings (SSSR count). The summed E-state index contributed by atoms with van der Waals surface area (Å²) in [6.07, 6.45) is 0. The molecule has 6 N–H and O–H groups in total. The average molecular weight is 437 g/mol. The van der Waals surface area contributed by atoms with Gasteiger partial charge in [-0.2, -0.15) is 0 Å². The van der Waals surface area contributed by atoms with Gasteiger partial charge >= 0.3 is 0 Å². The van der Waals surface area contributed by atoms with Crippen molar-refractivity contribution in [2.45, 2.75) is 6.92 Å². The predicted octanol–water partition coefficient (Wildman–Crippen LogP) is 1.28. The molecule has 0 aromatic heterocycles. The molecular formula is C19H27N5O7. The number of aryl methyl sites for hydroxylation is 1. The quantitative estimate of drug-likeness (QED) is 0.206. The van der Waals surface area contributed by atoms with Crippen LogP contribution in [0.5, 0.6) is 0 Å². The van der Waals surface area contributed by atoms with Gasteiger partial charge in [0.1, 0.15) is 11.4 Å². The third kappa shape index (κ3) is 8.04. The highest BCUT2D eigenvalue weighted by molar-refractivity contribution is 5.68. The van der Waals surface area contributed by atoms with Gasteiger partial charge in [-0.1, -0.05) is 6.07 Å². The first-order valence-electron chi connectivity index (χ1n) is 9.35. The van der Waals surface area contributed by atoms with Crippen molar-refractivity contribution < 1.29 is 25.2 Å². The van der Waals surface area contributed by atoms with Gasteiger partial charge in [-0.25, -0.2) is 0 Å². The number of anilines is 3. The van der Waals surface area contributed by atoms with E-state index in [-0.39, 0.29) is 44.3 Å². The van der Waals surface area contributed by atoms with E-state index >= 15 is 0 Å². The second-order valence-corrected chi connectivity index (χ2v) is 6.37. The van der Waals surface area contributed by atoms with Crippen LogP contribution in [0.1, 0.15) is 5.56 Å². The van der Waals surface area contributed by atoms with Crippen molar-refractivity contribution in [3.8, 4) is 0 Å². The molecule has 0 amide bonds. The van der Waals surface area contributed by atoms with Gasteiger partial charge in [0, 0.05) is 37.5 Å². The molecule has 12 nitrogen and oxygen atoms in total. The monoisotopic (exact) mass is 437 g/mol. The summed E-state index contributed by atoms with van der Waals surface area (Å²) in [5.74, 6) is 0. The van der Waals surface area contributed by atoms with E-state index in [1.54, 1.807) is 25.1 Å². The third-order valence-corrected chi connectivity index (χ3v) is 4.05. The molecule has 0 bridgehead atoms. The zero-order valence-corrected chi connectivity index (χ0v) is 17.1. The molecule has 0 atom stereocenters. The van der Waals surface area contributed by atoms with Gasteiger partial charge in [-0.05, 0) is 30.7 Å². The second kappa shape index (κ2) is 13.0. The van der Waals surface area contributed by atoms with Crippen molar-refractivity contribution in [1.82, 2.24) is 0 Å². The third-order valence-electron chi connectivity index (χ3n) is 4.05. The number of nitrogens with one attached hydrogen (secondary N) is 1. The SMILES string of the molecule is Cc1ccc(NCCO)c([N+](=O)[O-])c1.Nc1ccc(N(CCO)CCO)c([N+](=O)[O-])c1. The summed E-state index contributed by atoms with van der Waals surface area (Å²) < 4.78 is 0. The number of hydrogen-bond acceptors (Lipinski definition) is 10. The Morgan fingerprint density at radius 2 is 1.55 bits per heavy atom. The number of rotatable bonds is 10. The van der Waals surface area contributed by atoms with Crippen LogP contribution in [0, 0.1) is 27.2 Å². The van der Waals surface area contributed by atoms with Crippen LogP contribution in [0.2, 0.25) is 0 Å². The molecule has 31 heavy (non-hydrogen) atoms. The minimum absolute atomic E-state index is 0.0402. The van der Waals surface area contributed by atoms with Gasteiger partial charge in [0.05, 0.1) is 29.7 Å². The largest absolute Gasteiger partial charge is 0.399 e. The number of nitro groups is 2. The van der Waals surface area contributed by atoms with E-state index in [9.17, 15) is 20.2 Å². The molecule has 2 aromatic rings. The molecule has 0 heterocycles. The molecule has 0 saturated heterocycles. The zero-order chi connectivity index (χ0) is 23.4. The van der Waals surface area contributed by atoms with Crippen LogP contribution in [0.4, 0.5) is 28.4 Å². The normalized spacial score (nSPS) is 10.1. The summed E-state index contributed by atoms with van der Waals surface area (Å²) >= 11 is 0. The van der Waals surface area contributed by atoms with E-state index in [0.29, 0.717) is 23.6 Å². The maximum atomic E-state index is 10.9. The summed E-state index contributed by atoms with van der Waals surface area (Å²) in [5, 5.41) is 50.7. The highest BCUT2D eigenvalue weighted by Crippen LogP contribution is 2.30. The van der Waals surface area contributed by atoms with Crippen LogP contribution in [-0.4, -0.2) is 64.6 Å². The number of nitrogens with zero attached hydrogens (tertiary/aromatic N) is 3. The van der Waals surface area contributed by atoms with Gasteiger partial charge in [0.15, 0.2) is 0 Å². The molecule has 0 aliphatic rings. The van der Waals surface area contributed by atoms with E-state index < -0.39 is 9.85 Å². The Morgan fingerprint density at radius 3 is 2.06 bits per heavy atom. The number of hydrogen-bond donors (Lipinski definition) is 5. The Hall–Kier alpha value is -3.48. The van der Waals surface area contributed by atoms with E-state index in [0.717, 1.165) is 5.56 Å². The van der Waals surface area contributed by atoms with Crippen LogP contribution in [0.15, 0.2) is 36.4 Å². The van der Waals surface area contributed by atoms with Crippen molar-refractivity contribution in [3.05, 3.63) is 62.2 Å². The number of aliphatic hydroxyl groups is 3. The van der Waals surface area contributed by atoms with Crippen LogP contribution < -0.4 is 16.0 Å². The van der Waals surface area contributed by atoms with Crippen LogP contribution in [-0.2, 0) is 0 Å². The van der Waals surface area contributed by atoms with Gasteiger partial charge in [-0.3, -0.25) is 20.2 Å². The number of aliphatic hydroxyl groups excluding tert-OH is 3. The first kappa shape index (κ1) is 25.6. The second-order valence-electron chi connectivity index (χ2n) is 6.37. The standard InChI is InChI=1S/C10H15N3O4.C9H12N2O3/c11-8-1-2-9(10(7-8)13(16)17)12(3-5-14)4-6-15;1-7-2-3-8(10-4-5-12)9(6-7)11(13)14/h1-2,7,14-15H,3-6,11H2;2-3,6,10,12H,4-5H2,1H3. The number of nitrogens with two attached hydrogens (primary N) is 1. The molecule has 12 heteroatoms. The lowest BCUT2D eigenvalue weighted by molar-refractivity contribution is -0.384.